The standard InChI is InChI=1S/C24H24N6O3/c1-3-30-21(11-13-25-30)24(32)27-19-9-6-8-18(15-19)26-23(31)20-12-14-29(28-20)16-33-22-10-5-4-7-17(22)2/h4-15H,3,16H2,1-2H3,(H,26,31)(H,27,32). The maximum absolute atomic E-state index is 12.6. The second-order valence-corrected chi connectivity index (χ2v) is 7.30. The topological polar surface area (TPSA) is 103 Å². The second kappa shape index (κ2) is 9.82. The number of carbonyl (C=O) groups is 2. The minimum atomic E-state index is -0.364. The van der Waals surface area contributed by atoms with Crippen molar-refractivity contribution < 1.29 is 14.3 Å². The smallest absolute Gasteiger partial charge is 0.276 e. The summed E-state index contributed by atoms with van der Waals surface area (Å²) in [6.07, 6.45) is 3.26. The summed E-state index contributed by atoms with van der Waals surface area (Å²) in [4.78, 5) is 25.1. The lowest BCUT2D eigenvalue weighted by Crippen LogP contribution is -2.18. The highest BCUT2D eigenvalue weighted by Crippen LogP contribution is 2.18. The largest absolute Gasteiger partial charge is 0.471 e. The Kier molecular flexibility index (Phi) is 6.49. The van der Waals surface area contributed by atoms with Gasteiger partial charge < -0.3 is 15.4 Å². The Balaban J connectivity index is 1.37. The van der Waals surface area contributed by atoms with Crippen molar-refractivity contribution in [3.8, 4) is 5.75 Å². The molecule has 4 rings (SSSR count). The maximum Gasteiger partial charge on any atom is 0.276 e. The molecule has 2 aromatic heterocycles. The molecule has 2 aromatic carbocycles. The van der Waals surface area contributed by atoms with E-state index in [2.05, 4.69) is 20.8 Å². The molecule has 2 heterocycles. The van der Waals surface area contributed by atoms with E-state index in [4.69, 9.17) is 4.74 Å². The average Bonchev–Trinajstić information content (AvgIpc) is 3.48. The molecule has 0 fully saturated rings. The van der Waals surface area contributed by atoms with Gasteiger partial charge in [0.15, 0.2) is 12.4 Å². The Morgan fingerprint density at radius 1 is 0.970 bits per heavy atom. The van der Waals surface area contributed by atoms with Gasteiger partial charge in [-0.25, -0.2) is 4.68 Å². The Bertz CT molecular complexity index is 1280. The van der Waals surface area contributed by atoms with Crippen molar-refractivity contribution in [2.45, 2.75) is 27.1 Å². The molecule has 9 heteroatoms. The van der Waals surface area contributed by atoms with E-state index < -0.39 is 0 Å². The minimum absolute atomic E-state index is 0.188. The number of hydrogen-bond donors (Lipinski definition) is 2. The summed E-state index contributed by atoms with van der Waals surface area (Å²) in [5, 5.41) is 14.0. The number of amides is 2. The lowest BCUT2D eigenvalue weighted by Gasteiger charge is -2.09. The average molecular weight is 444 g/mol. The van der Waals surface area contributed by atoms with Crippen LogP contribution in [0, 0.1) is 6.92 Å². The van der Waals surface area contributed by atoms with Gasteiger partial charge in [-0.3, -0.25) is 14.3 Å². The van der Waals surface area contributed by atoms with Gasteiger partial charge in [0.25, 0.3) is 11.8 Å². The number of benzene rings is 2. The van der Waals surface area contributed by atoms with E-state index in [-0.39, 0.29) is 24.2 Å². The zero-order chi connectivity index (χ0) is 23.2. The molecular formula is C24H24N6O3. The molecular weight excluding hydrogens is 420 g/mol. The van der Waals surface area contributed by atoms with E-state index in [1.165, 1.54) is 0 Å². The molecule has 0 aliphatic rings. The lowest BCUT2D eigenvalue weighted by atomic mass is 10.2. The van der Waals surface area contributed by atoms with Crippen LogP contribution in [0.4, 0.5) is 11.4 Å². The summed E-state index contributed by atoms with van der Waals surface area (Å²) < 4.78 is 8.92. The van der Waals surface area contributed by atoms with Crippen LogP contribution < -0.4 is 15.4 Å². The van der Waals surface area contributed by atoms with Crippen molar-refractivity contribution >= 4 is 23.2 Å². The third kappa shape index (κ3) is 5.27. The molecule has 0 saturated heterocycles. The fourth-order valence-corrected chi connectivity index (χ4v) is 3.25. The Morgan fingerprint density at radius 2 is 1.73 bits per heavy atom. The van der Waals surface area contributed by atoms with Crippen LogP contribution >= 0.6 is 0 Å². The molecule has 9 nitrogen and oxygen atoms in total. The molecule has 0 spiro atoms. The van der Waals surface area contributed by atoms with Crippen molar-refractivity contribution in [3.63, 3.8) is 0 Å². The van der Waals surface area contributed by atoms with Gasteiger partial charge in [0, 0.05) is 30.3 Å². The quantitative estimate of drug-likeness (QED) is 0.428. The first-order valence-electron chi connectivity index (χ1n) is 10.5. The number of nitrogens with zero attached hydrogens (tertiary/aromatic N) is 4. The van der Waals surface area contributed by atoms with Gasteiger partial charge in [0.2, 0.25) is 0 Å². The molecule has 0 unspecified atom stereocenters. The summed E-state index contributed by atoms with van der Waals surface area (Å²) >= 11 is 0. The summed E-state index contributed by atoms with van der Waals surface area (Å²) in [7, 11) is 0. The normalized spacial score (nSPS) is 10.6. The number of carbonyl (C=O) groups excluding carboxylic acids is 2. The van der Waals surface area contributed by atoms with Crippen molar-refractivity contribution in [3.05, 3.63) is 90.0 Å². The highest BCUT2D eigenvalue weighted by atomic mass is 16.5. The van der Waals surface area contributed by atoms with E-state index in [1.807, 2.05) is 38.1 Å². The van der Waals surface area contributed by atoms with E-state index >= 15 is 0 Å². The van der Waals surface area contributed by atoms with Crippen LogP contribution in [0.1, 0.15) is 33.5 Å². The molecule has 0 bridgehead atoms. The molecule has 2 N–H and O–H groups in total. The van der Waals surface area contributed by atoms with Gasteiger partial charge in [-0.1, -0.05) is 24.3 Å². The number of hydrogen-bond acceptors (Lipinski definition) is 5. The van der Waals surface area contributed by atoms with E-state index in [9.17, 15) is 9.59 Å². The number of nitrogens with one attached hydrogen (secondary N) is 2. The minimum Gasteiger partial charge on any atom is -0.471 e. The van der Waals surface area contributed by atoms with Crippen LogP contribution in [0.3, 0.4) is 0 Å². The fourth-order valence-electron chi connectivity index (χ4n) is 3.25. The van der Waals surface area contributed by atoms with Crippen molar-refractivity contribution in [2.24, 2.45) is 0 Å². The summed E-state index contributed by atoms with van der Waals surface area (Å²) in [5.74, 6) is 0.127. The monoisotopic (exact) mass is 444 g/mol. The van der Waals surface area contributed by atoms with Gasteiger partial charge >= 0.3 is 0 Å². The van der Waals surface area contributed by atoms with E-state index in [0.29, 0.717) is 23.6 Å². The van der Waals surface area contributed by atoms with Crippen LogP contribution in [-0.2, 0) is 13.3 Å². The summed E-state index contributed by atoms with van der Waals surface area (Å²) in [6.45, 7) is 4.66. The summed E-state index contributed by atoms with van der Waals surface area (Å²) in [6, 6.07) is 17.9. The van der Waals surface area contributed by atoms with E-state index in [0.717, 1.165) is 11.3 Å². The highest BCUT2D eigenvalue weighted by Gasteiger charge is 2.13. The number of aryl methyl sites for hydroxylation is 2. The van der Waals surface area contributed by atoms with Gasteiger partial charge in [-0.15, -0.1) is 0 Å². The number of anilines is 2. The highest BCUT2D eigenvalue weighted by molar-refractivity contribution is 6.05. The van der Waals surface area contributed by atoms with Crippen molar-refractivity contribution in [1.29, 1.82) is 0 Å². The predicted octanol–water partition coefficient (Wildman–Crippen LogP) is 3.95. The second-order valence-electron chi connectivity index (χ2n) is 7.30. The molecule has 4 aromatic rings. The van der Waals surface area contributed by atoms with E-state index in [1.54, 1.807) is 58.2 Å². The van der Waals surface area contributed by atoms with Gasteiger partial charge in [-0.05, 0) is 55.8 Å². The first-order chi connectivity index (χ1) is 16.0. The predicted molar refractivity (Wildman–Crippen MR) is 124 cm³/mol. The molecule has 0 radical (unpaired) electrons. The van der Waals surface area contributed by atoms with Crippen LogP contribution in [0.2, 0.25) is 0 Å². The van der Waals surface area contributed by atoms with Gasteiger partial charge in [0.1, 0.15) is 11.4 Å². The molecule has 0 aliphatic heterocycles. The Labute approximate surface area is 191 Å². The zero-order valence-electron chi connectivity index (χ0n) is 18.4. The SMILES string of the molecule is CCn1nccc1C(=O)Nc1cccc(NC(=O)c2ccn(COc3ccccc3C)n2)c1. The van der Waals surface area contributed by atoms with Crippen LogP contribution in [0.25, 0.3) is 0 Å². The van der Waals surface area contributed by atoms with Crippen molar-refractivity contribution in [1.82, 2.24) is 19.6 Å². The molecule has 168 valence electrons. The molecule has 2 amide bonds. The number of rotatable bonds is 8. The first kappa shape index (κ1) is 21.8. The summed E-state index contributed by atoms with van der Waals surface area (Å²) in [5.41, 5.74) is 2.83. The lowest BCUT2D eigenvalue weighted by molar-refractivity contribution is 0.101. The fraction of sp³-hybridized carbons (Fsp3) is 0.167. The van der Waals surface area contributed by atoms with Crippen LogP contribution in [0.15, 0.2) is 73.1 Å². The third-order valence-electron chi connectivity index (χ3n) is 4.95. The molecule has 33 heavy (non-hydrogen) atoms. The molecule has 0 aliphatic carbocycles. The van der Waals surface area contributed by atoms with Crippen LogP contribution in [0.5, 0.6) is 5.75 Å². The maximum atomic E-state index is 12.6. The van der Waals surface area contributed by atoms with Gasteiger partial charge in [-0.2, -0.15) is 10.2 Å². The number of aromatic nitrogens is 4. The Morgan fingerprint density at radius 3 is 2.48 bits per heavy atom. The van der Waals surface area contributed by atoms with Crippen molar-refractivity contribution in [2.75, 3.05) is 10.6 Å². The molecule has 0 atom stereocenters. The van der Waals surface area contributed by atoms with Crippen LogP contribution in [-0.4, -0.2) is 31.4 Å². The zero-order valence-corrected chi connectivity index (χ0v) is 18.4. The molecule has 0 saturated carbocycles. The number of ether oxygens (including phenoxy) is 1. The third-order valence-corrected chi connectivity index (χ3v) is 4.95. The first-order valence-corrected chi connectivity index (χ1v) is 10.5. The van der Waals surface area contributed by atoms with Gasteiger partial charge in [0.05, 0.1) is 0 Å². The number of para-hydroxylation sites is 1. The Hall–Kier alpha value is -4.40.